The van der Waals surface area contributed by atoms with E-state index in [1.165, 1.54) is 6.07 Å². The lowest BCUT2D eigenvalue weighted by Crippen LogP contribution is -2.19. The Hall–Kier alpha value is -2.39. The highest BCUT2D eigenvalue weighted by Gasteiger charge is 2.41. The number of carboxylic acid groups (broad SMARTS) is 1. The number of carbonyl (C=O) groups is 1. The van der Waals surface area contributed by atoms with Crippen LogP contribution in [0, 0.1) is 6.92 Å². The highest BCUT2D eigenvalue weighted by molar-refractivity contribution is 5.86. The summed E-state index contributed by atoms with van der Waals surface area (Å²) in [5.41, 5.74) is -2.39. The third kappa shape index (κ3) is 2.56. The van der Waals surface area contributed by atoms with E-state index in [0.717, 1.165) is 0 Å². The maximum absolute atomic E-state index is 12.8. The molecule has 0 atom stereocenters. The second kappa shape index (κ2) is 4.37. The Morgan fingerprint density at radius 3 is 2.68 bits per heavy atom. The number of rotatable bonds is 3. The average Bonchev–Trinajstić information content (AvgIpc) is 2.84. The van der Waals surface area contributed by atoms with Gasteiger partial charge in [-0.15, -0.1) is 5.10 Å². The minimum Gasteiger partial charge on any atom is -0.476 e. The molecule has 0 fully saturated rings. The standard InChI is InChI=1S/C9H7F3N4O3/c1-4-2-5(14-19-4)3-16-7(9(10,11)12)6(8(17)18)13-15-16/h2H,3H2,1H3,(H,17,18). The first kappa shape index (κ1) is 13.1. The van der Waals surface area contributed by atoms with Crippen molar-refractivity contribution in [2.45, 2.75) is 19.6 Å². The summed E-state index contributed by atoms with van der Waals surface area (Å²) in [6.07, 6.45) is -4.88. The molecule has 102 valence electrons. The predicted molar refractivity (Wildman–Crippen MR) is 52.3 cm³/mol. The Bertz CT molecular complexity index is 616. The Morgan fingerprint density at radius 1 is 1.53 bits per heavy atom. The molecule has 19 heavy (non-hydrogen) atoms. The van der Waals surface area contributed by atoms with Crippen molar-refractivity contribution in [2.75, 3.05) is 0 Å². The number of hydrogen-bond acceptors (Lipinski definition) is 5. The lowest BCUT2D eigenvalue weighted by molar-refractivity contribution is -0.144. The SMILES string of the molecule is Cc1cc(Cn2nnc(C(=O)O)c2C(F)(F)F)no1. The van der Waals surface area contributed by atoms with E-state index in [4.69, 9.17) is 9.63 Å². The van der Waals surface area contributed by atoms with E-state index < -0.39 is 23.5 Å². The van der Waals surface area contributed by atoms with Crippen molar-refractivity contribution in [3.8, 4) is 0 Å². The van der Waals surface area contributed by atoms with Gasteiger partial charge in [0.05, 0.1) is 6.54 Å². The fraction of sp³-hybridized carbons (Fsp3) is 0.333. The van der Waals surface area contributed by atoms with Gasteiger partial charge < -0.3 is 9.63 Å². The number of carboxylic acids is 1. The lowest BCUT2D eigenvalue weighted by Gasteiger charge is -2.08. The van der Waals surface area contributed by atoms with E-state index in [2.05, 4.69) is 15.5 Å². The van der Waals surface area contributed by atoms with Crippen molar-refractivity contribution in [3.05, 3.63) is 28.9 Å². The smallest absolute Gasteiger partial charge is 0.435 e. The molecular weight excluding hydrogens is 269 g/mol. The van der Waals surface area contributed by atoms with Crippen LogP contribution in [0.1, 0.15) is 27.6 Å². The molecule has 0 aliphatic heterocycles. The van der Waals surface area contributed by atoms with E-state index in [9.17, 15) is 18.0 Å². The highest BCUT2D eigenvalue weighted by atomic mass is 19.4. The molecule has 0 radical (unpaired) electrons. The largest absolute Gasteiger partial charge is 0.476 e. The normalized spacial score (nSPS) is 11.8. The van der Waals surface area contributed by atoms with Crippen LogP contribution in [0.2, 0.25) is 0 Å². The van der Waals surface area contributed by atoms with Gasteiger partial charge in [0.25, 0.3) is 0 Å². The van der Waals surface area contributed by atoms with Crippen molar-refractivity contribution in [3.63, 3.8) is 0 Å². The summed E-state index contributed by atoms with van der Waals surface area (Å²) >= 11 is 0. The van der Waals surface area contributed by atoms with Crippen LogP contribution >= 0.6 is 0 Å². The second-order valence-electron chi connectivity index (χ2n) is 3.68. The number of aromatic carboxylic acids is 1. The number of aromatic nitrogens is 4. The van der Waals surface area contributed by atoms with Crippen molar-refractivity contribution in [1.82, 2.24) is 20.2 Å². The summed E-state index contributed by atoms with van der Waals surface area (Å²) in [5.74, 6) is -1.38. The Balaban J connectivity index is 2.43. The summed E-state index contributed by atoms with van der Waals surface area (Å²) in [6.45, 7) is 1.19. The summed E-state index contributed by atoms with van der Waals surface area (Å²) in [4.78, 5) is 10.7. The maximum Gasteiger partial charge on any atom is 0.435 e. The average molecular weight is 276 g/mol. The van der Waals surface area contributed by atoms with Gasteiger partial charge in [0, 0.05) is 6.07 Å². The van der Waals surface area contributed by atoms with Gasteiger partial charge in [0.1, 0.15) is 11.5 Å². The molecule has 0 bridgehead atoms. The minimum absolute atomic E-state index is 0.185. The quantitative estimate of drug-likeness (QED) is 0.909. The molecule has 2 aromatic heterocycles. The Kier molecular flexibility index (Phi) is 3.00. The number of halogens is 3. The van der Waals surface area contributed by atoms with E-state index in [1.54, 1.807) is 6.92 Å². The van der Waals surface area contributed by atoms with Crippen LogP contribution in [0.15, 0.2) is 10.6 Å². The van der Waals surface area contributed by atoms with Crippen molar-refractivity contribution >= 4 is 5.97 Å². The van der Waals surface area contributed by atoms with Gasteiger partial charge in [-0.1, -0.05) is 10.4 Å². The molecule has 7 nitrogen and oxygen atoms in total. The third-order valence-corrected chi connectivity index (χ3v) is 2.19. The Labute approximate surface area is 103 Å². The summed E-state index contributed by atoms with van der Waals surface area (Å²) in [7, 11) is 0. The number of aryl methyl sites for hydroxylation is 1. The maximum atomic E-state index is 12.8. The predicted octanol–water partition coefficient (Wildman–Crippen LogP) is 1.34. The molecule has 0 aliphatic rings. The molecular formula is C9H7F3N4O3. The molecule has 0 unspecified atom stereocenters. The molecule has 2 rings (SSSR count). The summed E-state index contributed by atoms with van der Waals surface area (Å²) < 4.78 is 43.5. The van der Waals surface area contributed by atoms with Crippen molar-refractivity contribution in [2.24, 2.45) is 0 Å². The third-order valence-electron chi connectivity index (χ3n) is 2.19. The summed E-state index contributed by atoms with van der Waals surface area (Å²) in [5, 5.41) is 18.4. The topological polar surface area (TPSA) is 94.0 Å². The molecule has 10 heteroatoms. The molecule has 1 N–H and O–H groups in total. The van der Waals surface area contributed by atoms with E-state index >= 15 is 0 Å². The van der Waals surface area contributed by atoms with Gasteiger partial charge in [-0.2, -0.15) is 13.2 Å². The molecule has 0 saturated heterocycles. The Morgan fingerprint density at radius 2 is 2.21 bits per heavy atom. The van der Waals surface area contributed by atoms with Crippen LogP contribution in [-0.2, 0) is 12.7 Å². The van der Waals surface area contributed by atoms with E-state index in [-0.39, 0.29) is 12.2 Å². The molecule has 2 aromatic rings. The monoisotopic (exact) mass is 276 g/mol. The van der Waals surface area contributed by atoms with Gasteiger partial charge in [0.2, 0.25) is 5.69 Å². The highest BCUT2D eigenvalue weighted by Crippen LogP contribution is 2.31. The fourth-order valence-electron chi connectivity index (χ4n) is 1.49. The first-order chi connectivity index (χ1) is 8.79. The zero-order valence-corrected chi connectivity index (χ0v) is 9.47. The molecule has 0 saturated carbocycles. The van der Waals surface area contributed by atoms with Gasteiger partial charge in [-0.3, -0.25) is 0 Å². The van der Waals surface area contributed by atoms with Gasteiger partial charge >= 0.3 is 12.1 Å². The van der Waals surface area contributed by atoms with Crippen LogP contribution in [0.5, 0.6) is 0 Å². The van der Waals surface area contributed by atoms with Crippen LogP contribution in [0.25, 0.3) is 0 Å². The van der Waals surface area contributed by atoms with Gasteiger partial charge in [0.15, 0.2) is 5.69 Å². The van der Waals surface area contributed by atoms with Crippen LogP contribution in [0.3, 0.4) is 0 Å². The van der Waals surface area contributed by atoms with Gasteiger partial charge in [-0.05, 0) is 6.92 Å². The number of alkyl halides is 3. The minimum atomic E-state index is -4.88. The zero-order valence-electron chi connectivity index (χ0n) is 9.47. The van der Waals surface area contributed by atoms with Crippen LogP contribution in [0.4, 0.5) is 13.2 Å². The lowest BCUT2D eigenvalue weighted by atomic mass is 10.3. The van der Waals surface area contributed by atoms with Crippen molar-refractivity contribution in [1.29, 1.82) is 0 Å². The summed E-state index contributed by atoms with van der Waals surface area (Å²) in [6, 6.07) is 1.42. The molecule has 0 aromatic carbocycles. The van der Waals surface area contributed by atoms with Crippen LogP contribution < -0.4 is 0 Å². The first-order valence-corrected chi connectivity index (χ1v) is 4.95. The second-order valence-corrected chi connectivity index (χ2v) is 3.68. The fourth-order valence-corrected chi connectivity index (χ4v) is 1.49. The first-order valence-electron chi connectivity index (χ1n) is 4.95. The molecule has 2 heterocycles. The van der Waals surface area contributed by atoms with Gasteiger partial charge in [-0.25, -0.2) is 9.48 Å². The zero-order chi connectivity index (χ0) is 14.2. The molecule has 0 spiro atoms. The molecule has 0 amide bonds. The van der Waals surface area contributed by atoms with Crippen LogP contribution in [-0.4, -0.2) is 31.2 Å². The number of nitrogens with zero attached hydrogens (tertiary/aromatic N) is 4. The molecule has 0 aliphatic carbocycles. The van der Waals surface area contributed by atoms with E-state index in [0.29, 0.717) is 10.4 Å². The van der Waals surface area contributed by atoms with E-state index in [1.807, 2.05) is 0 Å². The number of hydrogen-bond donors (Lipinski definition) is 1. The van der Waals surface area contributed by atoms with Crippen molar-refractivity contribution < 1.29 is 27.6 Å².